The van der Waals surface area contributed by atoms with E-state index in [9.17, 15) is 22.0 Å². The highest BCUT2D eigenvalue weighted by Crippen LogP contribution is 2.35. The molecular weight excluding hydrogens is 325 g/mol. The van der Waals surface area contributed by atoms with Crippen LogP contribution in [0.4, 0.5) is 27.6 Å². The number of hydrogen-bond acceptors (Lipinski definition) is 5. The van der Waals surface area contributed by atoms with Crippen molar-refractivity contribution >= 4 is 17.2 Å². The number of ether oxygens (including phenoxy) is 1. The van der Waals surface area contributed by atoms with Crippen LogP contribution in [0.15, 0.2) is 23.3 Å². The zero-order valence-electron chi connectivity index (χ0n) is 11.3. The van der Waals surface area contributed by atoms with Crippen LogP contribution in [0.3, 0.4) is 0 Å². The molecule has 0 saturated carbocycles. The second kappa shape index (κ2) is 7.39. The molecule has 0 radical (unpaired) electrons. The first-order valence-corrected chi connectivity index (χ1v) is 5.85. The third-order valence-corrected chi connectivity index (χ3v) is 2.32. The van der Waals surface area contributed by atoms with Gasteiger partial charge in [0.2, 0.25) is 5.71 Å². The number of nitrogens with one attached hydrogen (secondary N) is 2. The minimum absolute atomic E-state index is 0.331. The summed E-state index contributed by atoms with van der Waals surface area (Å²) in [5.74, 6) is -1.05. The third kappa shape index (κ3) is 5.42. The lowest BCUT2D eigenvalue weighted by Crippen LogP contribution is -2.22. The summed E-state index contributed by atoms with van der Waals surface area (Å²) >= 11 is 0. The minimum atomic E-state index is -4.68. The average Bonchev–Trinajstić information content (AvgIpc) is 2.44. The van der Waals surface area contributed by atoms with E-state index in [0.29, 0.717) is 12.1 Å². The molecule has 1 aromatic carbocycles. The van der Waals surface area contributed by atoms with Crippen LogP contribution >= 0.6 is 0 Å². The summed E-state index contributed by atoms with van der Waals surface area (Å²) in [5.41, 5.74) is 5.00. The normalized spacial score (nSPS) is 12.0. The molecule has 4 N–H and O–H groups in total. The number of amidine groups is 1. The van der Waals surface area contributed by atoms with E-state index in [2.05, 4.69) is 15.3 Å². The summed E-state index contributed by atoms with van der Waals surface area (Å²) in [7, 11) is 0. The number of alkyl halides is 5. The van der Waals surface area contributed by atoms with Gasteiger partial charge >= 0.3 is 6.18 Å². The quantitative estimate of drug-likeness (QED) is 0.321. The molecule has 0 aliphatic rings. The lowest BCUT2D eigenvalue weighted by molar-refractivity contribution is -0.137. The number of anilines is 1. The molecule has 23 heavy (non-hydrogen) atoms. The highest BCUT2D eigenvalue weighted by Gasteiger charge is 2.31. The minimum Gasteiger partial charge on any atom is -0.485 e. The van der Waals surface area contributed by atoms with E-state index in [1.807, 2.05) is 0 Å². The van der Waals surface area contributed by atoms with Crippen LogP contribution in [-0.4, -0.2) is 24.6 Å². The monoisotopic (exact) mass is 335 g/mol. The average molecular weight is 335 g/mol. The van der Waals surface area contributed by atoms with Crippen molar-refractivity contribution in [1.82, 2.24) is 0 Å². The Bertz CT molecular complexity index is 650. The predicted molar refractivity (Wildman–Crippen MR) is 71.5 cm³/mol. The summed E-state index contributed by atoms with van der Waals surface area (Å²) in [5, 5.41) is 19.0. The van der Waals surface area contributed by atoms with Gasteiger partial charge in [0, 0.05) is 0 Å². The summed E-state index contributed by atoms with van der Waals surface area (Å²) in [6.07, 6.45) is -7.51. The van der Waals surface area contributed by atoms with Crippen molar-refractivity contribution in [3.8, 4) is 11.8 Å². The number of hydrazone groups is 1. The molecule has 0 spiro atoms. The molecule has 0 fully saturated rings. The maximum atomic E-state index is 12.7. The molecule has 0 saturated heterocycles. The van der Waals surface area contributed by atoms with E-state index in [0.717, 1.165) is 6.07 Å². The van der Waals surface area contributed by atoms with Crippen molar-refractivity contribution in [1.29, 1.82) is 10.7 Å². The van der Waals surface area contributed by atoms with E-state index in [1.165, 1.54) is 6.07 Å². The summed E-state index contributed by atoms with van der Waals surface area (Å²) in [4.78, 5) is 0. The number of nitrogens with two attached hydrogens (primary N) is 1. The van der Waals surface area contributed by atoms with Gasteiger partial charge in [-0.1, -0.05) is 0 Å². The van der Waals surface area contributed by atoms with Crippen molar-refractivity contribution in [3.63, 3.8) is 0 Å². The lowest BCUT2D eigenvalue weighted by atomic mass is 10.2. The molecule has 11 heteroatoms. The number of hydrogen-bond donors (Lipinski definition) is 3. The van der Waals surface area contributed by atoms with Crippen LogP contribution < -0.4 is 15.9 Å². The molecule has 124 valence electrons. The molecule has 0 unspecified atom stereocenters. The topological polar surface area (TPSA) is 107 Å². The van der Waals surface area contributed by atoms with Gasteiger partial charge in [-0.25, -0.2) is 8.78 Å². The first kappa shape index (κ1) is 18.1. The summed E-state index contributed by atoms with van der Waals surface area (Å²) < 4.78 is 67.0. The van der Waals surface area contributed by atoms with Crippen molar-refractivity contribution in [2.24, 2.45) is 10.8 Å². The molecule has 0 heterocycles. The van der Waals surface area contributed by atoms with E-state index >= 15 is 0 Å². The van der Waals surface area contributed by atoms with E-state index < -0.39 is 42.0 Å². The van der Waals surface area contributed by atoms with Crippen molar-refractivity contribution in [2.75, 3.05) is 12.0 Å². The number of benzene rings is 1. The highest BCUT2D eigenvalue weighted by molar-refractivity contribution is 6.45. The van der Waals surface area contributed by atoms with Gasteiger partial charge in [0.1, 0.15) is 18.4 Å². The largest absolute Gasteiger partial charge is 0.485 e. The Morgan fingerprint density at radius 3 is 2.57 bits per heavy atom. The van der Waals surface area contributed by atoms with Gasteiger partial charge in [0.15, 0.2) is 5.84 Å². The number of rotatable bonds is 6. The molecule has 0 amide bonds. The molecule has 0 aliphatic carbocycles. The fraction of sp³-hybridized carbons (Fsp3) is 0.250. The Morgan fingerprint density at radius 1 is 1.43 bits per heavy atom. The first-order chi connectivity index (χ1) is 10.6. The second-order valence-corrected chi connectivity index (χ2v) is 4.01. The van der Waals surface area contributed by atoms with Gasteiger partial charge in [-0.2, -0.15) is 23.5 Å². The van der Waals surface area contributed by atoms with Gasteiger partial charge in [0.25, 0.3) is 6.43 Å². The van der Waals surface area contributed by atoms with E-state index in [-0.39, 0.29) is 5.75 Å². The molecule has 1 rings (SSSR count). The highest BCUT2D eigenvalue weighted by atomic mass is 19.4. The smallest absolute Gasteiger partial charge is 0.416 e. The van der Waals surface area contributed by atoms with E-state index in [1.54, 1.807) is 0 Å². The van der Waals surface area contributed by atoms with Crippen molar-refractivity contribution in [3.05, 3.63) is 23.8 Å². The SMILES string of the molecule is N#C/C(=N\Nc1cc(C(F)(F)F)ccc1OCC(F)F)C(=N)N. The molecule has 1 aromatic rings. The van der Waals surface area contributed by atoms with Crippen molar-refractivity contribution < 1.29 is 26.7 Å². The van der Waals surface area contributed by atoms with Gasteiger partial charge < -0.3 is 10.5 Å². The standard InChI is InChI=1S/C12H10F5N5O/c13-10(14)5-23-9-2-1-6(12(15,16)17)3-7(9)21-22-8(4-18)11(19)20/h1-3,10,21H,5H2,(H3,19,20)/b22-8+. The Hall–Kier alpha value is -2.90. The van der Waals surface area contributed by atoms with Crippen molar-refractivity contribution in [2.45, 2.75) is 12.6 Å². The molecule has 0 bridgehead atoms. The number of nitriles is 1. The first-order valence-electron chi connectivity index (χ1n) is 5.85. The Morgan fingerprint density at radius 2 is 2.09 bits per heavy atom. The van der Waals surface area contributed by atoms with Crippen LogP contribution in [0.25, 0.3) is 0 Å². The van der Waals surface area contributed by atoms with Gasteiger partial charge in [0.05, 0.1) is 11.3 Å². The summed E-state index contributed by atoms with van der Waals surface area (Å²) in [6.45, 7) is -1.04. The van der Waals surface area contributed by atoms with E-state index in [4.69, 9.17) is 16.4 Å². The van der Waals surface area contributed by atoms with Gasteiger partial charge in [-0.3, -0.25) is 10.8 Å². The summed E-state index contributed by atoms with van der Waals surface area (Å²) in [6, 6.07) is 3.49. The fourth-order valence-electron chi connectivity index (χ4n) is 1.33. The van der Waals surface area contributed by atoms with Crippen LogP contribution in [0.1, 0.15) is 5.56 Å². The Balaban J connectivity index is 3.17. The van der Waals surface area contributed by atoms with Gasteiger partial charge in [-0.15, -0.1) is 0 Å². The molecule has 0 aliphatic heterocycles. The molecular formula is C12H10F5N5O. The predicted octanol–water partition coefficient (Wildman–Crippen LogP) is 2.58. The number of halogens is 5. The Kier molecular flexibility index (Phi) is 5.83. The second-order valence-electron chi connectivity index (χ2n) is 4.01. The van der Waals surface area contributed by atoms with Crippen LogP contribution in [-0.2, 0) is 6.18 Å². The molecule has 6 nitrogen and oxygen atoms in total. The van der Waals surface area contributed by atoms with Crippen LogP contribution in [0.5, 0.6) is 5.75 Å². The third-order valence-electron chi connectivity index (χ3n) is 2.32. The van der Waals surface area contributed by atoms with Gasteiger partial charge in [-0.05, 0) is 18.2 Å². The zero-order chi connectivity index (χ0) is 17.6. The molecule has 0 aromatic heterocycles. The fourth-order valence-corrected chi connectivity index (χ4v) is 1.33. The van der Waals surface area contributed by atoms with Crippen LogP contribution in [0, 0.1) is 16.7 Å². The maximum Gasteiger partial charge on any atom is 0.416 e. The Labute approximate surface area is 126 Å². The lowest BCUT2D eigenvalue weighted by Gasteiger charge is -2.14. The molecule has 0 atom stereocenters. The zero-order valence-corrected chi connectivity index (χ0v) is 11.3. The van der Waals surface area contributed by atoms with Crippen LogP contribution in [0.2, 0.25) is 0 Å². The number of nitrogens with zero attached hydrogens (tertiary/aromatic N) is 2. The maximum absolute atomic E-state index is 12.7.